The lowest BCUT2D eigenvalue weighted by Crippen LogP contribution is -2.14. The highest BCUT2D eigenvalue weighted by Crippen LogP contribution is 2.43. The van der Waals surface area contributed by atoms with Crippen LogP contribution < -0.4 is 0 Å². The minimum absolute atomic E-state index is 0.536. The summed E-state index contributed by atoms with van der Waals surface area (Å²) < 4.78 is 81.1. The molecule has 0 amide bonds. The normalized spacial score (nSPS) is 12.7. The van der Waals surface area contributed by atoms with Gasteiger partial charge in [0.1, 0.15) is 12.5 Å². The topological polar surface area (TPSA) is 26.0 Å². The molecule has 19 heavy (non-hydrogen) atoms. The molecular formula is C11H4F6NO. The van der Waals surface area contributed by atoms with Crippen LogP contribution in [0.1, 0.15) is 11.1 Å². The summed E-state index contributed by atoms with van der Waals surface area (Å²) in [7, 11) is 0. The number of aromatic nitrogens is 1. The van der Waals surface area contributed by atoms with Crippen molar-refractivity contribution in [3.05, 3.63) is 41.8 Å². The van der Waals surface area contributed by atoms with Gasteiger partial charge in [-0.05, 0) is 12.1 Å². The lowest BCUT2D eigenvalue weighted by atomic mass is 10.00. The summed E-state index contributed by atoms with van der Waals surface area (Å²) in [4.78, 5) is 3.24. The zero-order chi connectivity index (χ0) is 14.3. The Kier molecular flexibility index (Phi) is 3.03. The van der Waals surface area contributed by atoms with Crippen LogP contribution in [0.4, 0.5) is 26.3 Å². The van der Waals surface area contributed by atoms with Crippen molar-refractivity contribution in [2.24, 2.45) is 0 Å². The van der Waals surface area contributed by atoms with Gasteiger partial charge in [0, 0.05) is 0 Å². The Labute approximate surface area is 102 Å². The van der Waals surface area contributed by atoms with Crippen LogP contribution in [0.25, 0.3) is 11.5 Å². The summed E-state index contributed by atoms with van der Waals surface area (Å²) in [5, 5.41) is 0. The van der Waals surface area contributed by atoms with E-state index in [2.05, 4.69) is 9.40 Å². The third kappa shape index (κ3) is 2.56. The Balaban J connectivity index is 2.78. The SMILES string of the molecule is FC(F)(F)c1cccc(C(F)(F)F)c1-c1n[c]co1. The molecular weight excluding hydrogens is 276 g/mol. The van der Waals surface area contributed by atoms with E-state index in [0.717, 1.165) is 6.26 Å². The third-order valence-electron chi connectivity index (χ3n) is 2.28. The fraction of sp³-hybridized carbons (Fsp3) is 0.182. The molecule has 1 aromatic carbocycles. The Hall–Kier alpha value is -1.99. The highest BCUT2D eigenvalue weighted by atomic mass is 19.4. The fourth-order valence-electron chi connectivity index (χ4n) is 1.56. The fourth-order valence-corrected chi connectivity index (χ4v) is 1.56. The number of benzene rings is 1. The zero-order valence-electron chi connectivity index (χ0n) is 8.93. The maximum atomic E-state index is 12.8. The maximum Gasteiger partial charge on any atom is 0.417 e. The van der Waals surface area contributed by atoms with E-state index >= 15 is 0 Å². The van der Waals surface area contributed by atoms with E-state index in [0.29, 0.717) is 18.2 Å². The van der Waals surface area contributed by atoms with Gasteiger partial charge < -0.3 is 4.42 Å². The molecule has 0 fully saturated rings. The summed E-state index contributed by atoms with van der Waals surface area (Å²) in [6.45, 7) is 0. The number of hydrogen-bond donors (Lipinski definition) is 0. The van der Waals surface area contributed by atoms with Gasteiger partial charge >= 0.3 is 12.4 Å². The van der Waals surface area contributed by atoms with Crippen molar-refractivity contribution in [3.8, 4) is 11.5 Å². The first-order chi connectivity index (χ1) is 8.71. The van der Waals surface area contributed by atoms with E-state index in [9.17, 15) is 26.3 Å². The van der Waals surface area contributed by atoms with Crippen LogP contribution in [0.15, 0.2) is 28.9 Å². The minimum atomic E-state index is -4.95. The van der Waals surface area contributed by atoms with Crippen molar-refractivity contribution in [1.29, 1.82) is 0 Å². The minimum Gasteiger partial charge on any atom is -0.444 e. The van der Waals surface area contributed by atoms with E-state index in [1.54, 1.807) is 0 Å². The van der Waals surface area contributed by atoms with Gasteiger partial charge in [-0.3, -0.25) is 0 Å². The van der Waals surface area contributed by atoms with Crippen molar-refractivity contribution in [3.63, 3.8) is 0 Å². The van der Waals surface area contributed by atoms with Crippen LogP contribution >= 0.6 is 0 Å². The molecule has 2 aromatic rings. The van der Waals surface area contributed by atoms with Crippen LogP contribution in [-0.4, -0.2) is 4.98 Å². The van der Waals surface area contributed by atoms with Crippen LogP contribution in [0.2, 0.25) is 0 Å². The molecule has 1 heterocycles. The number of nitrogens with zero attached hydrogens (tertiary/aromatic N) is 1. The predicted octanol–water partition coefficient (Wildman–Crippen LogP) is 4.18. The van der Waals surface area contributed by atoms with Gasteiger partial charge in [-0.25, -0.2) is 4.98 Å². The molecule has 101 valence electrons. The first-order valence-corrected chi connectivity index (χ1v) is 4.80. The highest BCUT2D eigenvalue weighted by Gasteiger charge is 2.42. The van der Waals surface area contributed by atoms with E-state index in [1.165, 1.54) is 0 Å². The average molecular weight is 280 g/mol. The molecule has 0 aliphatic rings. The second-order valence-electron chi connectivity index (χ2n) is 3.51. The van der Waals surface area contributed by atoms with Crippen LogP contribution in [0.3, 0.4) is 0 Å². The lowest BCUT2D eigenvalue weighted by Gasteiger charge is -2.16. The molecule has 0 bridgehead atoms. The molecule has 8 heteroatoms. The standard InChI is InChI=1S/C11H4F6NO/c12-10(13,14)6-2-1-3-7(11(15,16)17)8(6)9-18-4-5-19-9/h1-3,5H. The van der Waals surface area contributed by atoms with Gasteiger partial charge in [-0.2, -0.15) is 26.3 Å². The molecule has 1 radical (unpaired) electrons. The second-order valence-corrected chi connectivity index (χ2v) is 3.51. The number of rotatable bonds is 1. The predicted molar refractivity (Wildman–Crippen MR) is 50.8 cm³/mol. The van der Waals surface area contributed by atoms with Crippen molar-refractivity contribution in [2.75, 3.05) is 0 Å². The van der Waals surface area contributed by atoms with Gasteiger partial charge in [-0.15, -0.1) is 0 Å². The monoisotopic (exact) mass is 280 g/mol. The summed E-state index contributed by atoms with van der Waals surface area (Å²) >= 11 is 0. The average Bonchev–Trinajstić information content (AvgIpc) is 2.78. The summed E-state index contributed by atoms with van der Waals surface area (Å²) in [5.74, 6) is -0.778. The van der Waals surface area contributed by atoms with E-state index < -0.39 is 34.9 Å². The molecule has 1 aromatic heterocycles. The number of oxazole rings is 1. The van der Waals surface area contributed by atoms with Gasteiger partial charge in [0.25, 0.3) is 0 Å². The molecule has 0 unspecified atom stereocenters. The maximum absolute atomic E-state index is 12.8. The second kappa shape index (κ2) is 4.29. The molecule has 0 spiro atoms. The van der Waals surface area contributed by atoms with Crippen molar-refractivity contribution < 1.29 is 30.8 Å². The van der Waals surface area contributed by atoms with Gasteiger partial charge in [-0.1, -0.05) is 6.07 Å². The molecule has 0 atom stereocenters. The van der Waals surface area contributed by atoms with Crippen LogP contribution in [-0.2, 0) is 12.4 Å². The summed E-state index contributed by atoms with van der Waals surface area (Å²) in [5.41, 5.74) is -4.06. The Morgan fingerprint density at radius 3 is 1.84 bits per heavy atom. The highest BCUT2D eigenvalue weighted by molar-refractivity contribution is 5.65. The number of halogens is 6. The van der Waals surface area contributed by atoms with Gasteiger partial charge in [0.2, 0.25) is 5.89 Å². The Morgan fingerprint density at radius 2 is 1.47 bits per heavy atom. The van der Waals surface area contributed by atoms with Crippen molar-refractivity contribution in [2.45, 2.75) is 12.4 Å². The molecule has 0 saturated heterocycles. The van der Waals surface area contributed by atoms with Crippen LogP contribution in [0.5, 0.6) is 0 Å². The first kappa shape index (κ1) is 13.4. The lowest BCUT2D eigenvalue weighted by molar-refractivity contribution is -0.142. The molecule has 0 aliphatic heterocycles. The Bertz CT molecular complexity index is 538. The van der Waals surface area contributed by atoms with Crippen molar-refractivity contribution >= 4 is 0 Å². The molecule has 0 aliphatic carbocycles. The largest absolute Gasteiger partial charge is 0.444 e. The van der Waals surface area contributed by atoms with E-state index in [4.69, 9.17) is 0 Å². The third-order valence-corrected chi connectivity index (χ3v) is 2.28. The smallest absolute Gasteiger partial charge is 0.417 e. The number of alkyl halides is 6. The van der Waals surface area contributed by atoms with E-state index in [1.807, 2.05) is 6.20 Å². The van der Waals surface area contributed by atoms with E-state index in [-0.39, 0.29) is 0 Å². The first-order valence-electron chi connectivity index (χ1n) is 4.80. The molecule has 2 nitrogen and oxygen atoms in total. The molecule has 0 saturated carbocycles. The zero-order valence-corrected chi connectivity index (χ0v) is 8.93. The Morgan fingerprint density at radius 1 is 0.947 bits per heavy atom. The summed E-state index contributed by atoms with van der Waals surface area (Å²) in [6.07, 6.45) is -7.09. The van der Waals surface area contributed by atoms with Gasteiger partial charge in [0.15, 0.2) is 0 Å². The van der Waals surface area contributed by atoms with Gasteiger partial charge in [0.05, 0.1) is 16.7 Å². The summed E-state index contributed by atoms with van der Waals surface area (Å²) in [6, 6.07) is 1.76. The van der Waals surface area contributed by atoms with Crippen molar-refractivity contribution in [1.82, 2.24) is 4.98 Å². The molecule has 0 N–H and O–H groups in total. The number of hydrogen-bond acceptors (Lipinski definition) is 2. The van der Waals surface area contributed by atoms with Crippen LogP contribution in [0, 0.1) is 6.20 Å². The molecule has 2 rings (SSSR count). The quantitative estimate of drug-likeness (QED) is 0.732.